The fourth-order valence-corrected chi connectivity index (χ4v) is 4.46. The molecule has 6 heteroatoms. The van der Waals surface area contributed by atoms with Crippen molar-refractivity contribution in [3.05, 3.63) is 65.7 Å². The molecule has 3 rings (SSSR count). The molecule has 2 aromatic rings. The van der Waals surface area contributed by atoms with Crippen LogP contribution < -0.4 is 5.32 Å². The van der Waals surface area contributed by atoms with Crippen LogP contribution in [-0.4, -0.2) is 31.7 Å². The van der Waals surface area contributed by atoms with Gasteiger partial charge in [-0.15, -0.1) is 0 Å². The number of likely N-dealkylation sites (N-methyl/N-ethyl adjacent to an activating group) is 1. The summed E-state index contributed by atoms with van der Waals surface area (Å²) < 4.78 is 27.2. The zero-order valence-corrected chi connectivity index (χ0v) is 13.6. The first-order valence-corrected chi connectivity index (χ1v) is 8.83. The van der Waals surface area contributed by atoms with Gasteiger partial charge in [-0.05, 0) is 29.7 Å². The van der Waals surface area contributed by atoms with Crippen molar-refractivity contribution >= 4 is 15.9 Å². The number of carbonyl (C=O) groups excluding carboxylic acids is 1. The van der Waals surface area contributed by atoms with Gasteiger partial charge in [-0.1, -0.05) is 42.5 Å². The highest BCUT2D eigenvalue weighted by Crippen LogP contribution is 2.29. The van der Waals surface area contributed by atoms with Gasteiger partial charge in [0.25, 0.3) is 0 Å². The van der Waals surface area contributed by atoms with E-state index < -0.39 is 16.1 Å². The van der Waals surface area contributed by atoms with Gasteiger partial charge in [-0.25, -0.2) is 8.42 Å². The van der Waals surface area contributed by atoms with Gasteiger partial charge < -0.3 is 5.32 Å². The summed E-state index contributed by atoms with van der Waals surface area (Å²) in [5, 5.41) is 2.57. The number of benzene rings is 2. The number of nitrogens with zero attached hydrogens (tertiary/aromatic N) is 1. The van der Waals surface area contributed by atoms with E-state index in [9.17, 15) is 13.2 Å². The minimum atomic E-state index is -3.74. The molecule has 23 heavy (non-hydrogen) atoms. The van der Waals surface area contributed by atoms with Gasteiger partial charge in [-0.2, -0.15) is 4.31 Å². The smallest absolute Gasteiger partial charge is 0.244 e. The number of carbonyl (C=O) groups is 1. The van der Waals surface area contributed by atoms with Gasteiger partial charge in [0.2, 0.25) is 15.9 Å². The molecule has 0 bridgehead atoms. The Hall–Kier alpha value is -2.18. The van der Waals surface area contributed by atoms with E-state index in [4.69, 9.17) is 0 Å². The highest BCUT2D eigenvalue weighted by molar-refractivity contribution is 7.89. The molecule has 0 fully saturated rings. The van der Waals surface area contributed by atoms with Crippen LogP contribution in [0.25, 0.3) is 0 Å². The molecule has 1 aliphatic heterocycles. The maximum atomic E-state index is 13.0. The number of hydrogen-bond donors (Lipinski definition) is 1. The molecule has 120 valence electrons. The first kappa shape index (κ1) is 15.7. The molecule has 1 aliphatic rings. The van der Waals surface area contributed by atoms with Crippen LogP contribution in [0, 0.1) is 0 Å². The Bertz CT molecular complexity index is 819. The summed E-state index contributed by atoms with van der Waals surface area (Å²) in [5.74, 6) is -0.293. The second-order valence-electron chi connectivity index (χ2n) is 5.47. The van der Waals surface area contributed by atoms with Crippen LogP contribution in [0.2, 0.25) is 0 Å². The average Bonchev–Trinajstić information content (AvgIpc) is 2.60. The Labute approximate surface area is 136 Å². The molecular formula is C17H18N2O3S. The molecular weight excluding hydrogens is 312 g/mol. The number of fused-ring (bicyclic) bond motifs is 1. The standard InChI is InChI=1S/C17H18N2O3S/c1-18-17(20)16-11-13-7-5-6-8-14(13)12-19(16)23(21,22)15-9-3-2-4-10-15/h2-10,16H,11-12H2,1H3,(H,18,20). The SMILES string of the molecule is CNC(=O)C1Cc2ccccc2CN1S(=O)(=O)c1ccccc1. The van der Waals surface area contributed by atoms with Gasteiger partial charge in [0.1, 0.15) is 6.04 Å². The largest absolute Gasteiger partial charge is 0.358 e. The lowest BCUT2D eigenvalue weighted by Gasteiger charge is -2.34. The third-order valence-electron chi connectivity index (χ3n) is 4.10. The number of rotatable bonds is 3. The molecule has 1 unspecified atom stereocenters. The van der Waals surface area contributed by atoms with Crippen molar-refractivity contribution in [3.63, 3.8) is 0 Å². The Morgan fingerprint density at radius 1 is 1.04 bits per heavy atom. The second kappa shape index (κ2) is 6.14. The van der Waals surface area contributed by atoms with Crippen molar-refractivity contribution in [1.82, 2.24) is 9.62 Å². The lowest BCUT2D eigenvalue weighted by Crippen LogP contribution is -2.51. The molecule has 0 aliphatic carbocycles. The summed E-state index contributed by atoms with van der Waals surface area (Å²) in [7, 11) is -2.21. The van der Waals surface area contributed by atoms with Gasteiger partial charge >= 0.3 is 0 Å². The fourth-order valence-electron chi connectivity index (χ4n) is 2.87. The molecule has 0 spiro atoms. The lowest BCUT2D eigenvalue weighted by molar-refractivity contribution is -0.124. The fraction of sp³-hybridized carbons (Fsp3) is 0.235. The van der Waals surface area contributed by atoms with Crippen molar-refractivity contribution in [3.8, 4) is 0 Å². The third kappa shape index (κ3) is 2.87. The summed E-state index contributed by atoms with van der Waals surface area (Å²) in [6.45, 7) is 0.200. The van der Waals surface area contributed by atoms with Crippen LogP contribution in [0.1, 0.15) is 11.1 Å². The molecule has 1 N–H and O–H groups in total. The predicted octanol–water partition coefficient (Wildman–Crippen LogP) is 1.55. The van der Waals surface area contributed by atoms with E-state index in [1.165, 1.54) is 11.4 Å². The zero-order chi connectivity index (χ0) is 16.4. The normalized spacial score (nSPS) is 18.2. The number of nitrogens with one attached hydrogen (secondary N) is 1. The van der Waals surface area contributed by atoms with Crippen LogP contribution >= 0.6 is 0 Å². The van der Waals surface area contributed by atoms with E-state index in [0.717, 1.165) is 11.1 Å². The van der Waals surface area contributed by atoms with Gasteiger partial charge in [0, 0.05) is 13.6 Å². The Morgan fingerprint density at radius 3 is 2.30 bits per heavy atom. The van der Waals surface area contributed by atoms with Crippen LogP contribution in [0.3, 0.4) is 0 Å². The summed E-state index contributed by atoms with van der Waals surface area (Å²) >= 11 is 0. The minimum Gasteiger partial charge on any atom is -0.358 e. The molecule has 0 aromatic heterocycles. The number of sulfonamides is 1. The number of hydrogen-bond acceptors (Lipinski definition) is 3. The van der Waals surface area contributed by atoms with Crippen molar-refractivity contribution in [2.75, 3.05) is 7.05 Å². The van der Waals surface area contributed by atoms with E-state index in [0.29, 0.717) is 6.42 Å². The first-order valence-electron chi connectivity index (χ1n) is 7.39. The average molecular weight is 330 g/mol. The summed E-state index contributed by atoms with van der Waals surface area (Å²) in [4.78, 5) is 12.4. The van der Waals surface area contributed by atoms with Crippen molar-refractivity contribution in [2.24, 2.45) is 0 Å². The molecule has 1 amide bonds. The van der Waals surface area contributed by atoms with Crippen molar-refractivity contribution in [1.29, 1.82) is 0 Å². The molecule has 1 atom stereocenters. The molecule has 1 heterocycles. The third-order valence-corrected chi connectivity index (χ3v) is 5.97. The topological polar surface area (TPSA) is 66.5 Å². The van der Waals surface area contributed by atoms with E-state index in [2.05, 4.69) is 5.32 Å². The predicted molar refractivity (Wildman–Crippen MR) is 87.2 cm³/mol. The maximum Gasteiger partial charge on any atom is 0.244 e. The summed E-state index contributed by atoms with van der Waals surface area (Å²) in [6, 6.07) is 15.1. The Morgan fingerprint density at radius 2 is 1.65 bits per heavy atom. The van der Waals surface area contributed by atoms with Gasteiger partial charge in [0.05, 0.1) is 4.90 Å². The van der Waals surface area contributed by atoms with Crippen LogP contribution in [0.15, 0.2) is 59.5 Å². The molecule has 0 saturated carbocycles. The van der Waals surface area contributed by atoms with E-state index >= 15 is 0 Å². The van der Waals surface area contributed by atoms with E-state index in [1.54, 1.807) is 30.3 Å². The number of amides is 1. The Balaban J connectivity index is 2.06. The summed E-state index contributed by atoms with van der Waals surface area (Å²) in [5.41, 5.74) is 1.95. The van der Waals surface area contributed by atoms with Crippen LogP contribution in [-0.2, 0) is 27.8 Å². The molecule has 0 radical (unpaired) electrons. The maximum absolute atomic E-state index is 13.0. The highest BCUT2D eigenvalue weighted by atomic mass is 32.2. The lowest BCUT2D eigenvalue weighted by atomic mass is 9.95. The minimum absolute atomic E-state index is 0.200. The van der Waals surface area contributed by atoms with E-state index in [1.807, 2.05) is 24.3 Å². The second-order valence-corrected chi connectivity index (χ2v) is 7.36. The highest BCUT2D eigenvalue weighted by Gasteiger charge is 2.39. The van der Waals surface area contributed by atoms with Crippen molar-refractivity contribution in [2.45, 2.75) is 23.9 Å². The quantitative estimate of drug-likeness (QED) is 0.928. The zero-order valence-electron chi connectivity index (χ0n) is 12.8. The van der Waals surface area contributed by atoms with Gasteiger partial charge in [0.15, 0.2) is 0 Å². The van der Waals surface area contributed by atoms with Crippen LogP contribution in [0.4, 0.5) is 0 Å². The van der Waals surface area contributed by atoms with Gasteiger partial charge in [-0.3, -0.25) is 4.79 Å². The first-order chi connectivity index (χ1) is 11.0. The van der Waals surface area contributed by atoms with E-state index in [-0.39, 0.29) is 17.3 Å². The Kier molecular flexibility index (Phi) is 4.19. The molecule has 0 saturated heterocycles. The monoisotopic (exact) mass is 330 g/mol. The van der Waals surface area contributed by atoms with Crippen LogP contribution in [0.5, 0.6) is 0 Å². The molecule has 5 nitrogen and oxygen atoms in total. The molecule has 2 aromatic carbocycles. The van der Waals surface area contributed by atoms with Crippen molar-refractivity contribution < 1.29 is 13.2 Å². The summed E-state index contributed by atoms with van der Waals surface area (Å²) in [6.07, 6.45) is 0.377.